The Morgan fingerprint density at radius 3 is 2.73 bits per heavy atom. The number of rotatable bonds is 6. The van der Waals surface area contributed by atoms with Crippen molar-refractivity contribution in [3.63, 3.8) is 0 Å². The number of carbonyl (C=O) groups excluding carboxylic acids is 2. The van der Waals surface area contributed by atoms with Gasteiger partial charge in [-0.15, -0.1) is 0 Å². The predicted octanol–water partition coefficient (Wildman–Crippen LogP) is 0.852. The van der Waals surface area contributed by atoms with Crippen LogP contribution in [0.3, 0.4) is 0 Å². The van der Waals surface area contributed by atoms with E-state index in [0.29, 0.717) is 18.8 Å². The number of nitrogens with two attached hydrogens (primary N) is 1. The van der Waals surface area contributed by atoms with Crippen LogP contribution in [0.4, 0.5) is 0 Å². The Balaban J connectivity index is 1.92. The zero-order valence-corrected chi connectivity index (χ0v) is 13.0. The molecule has 6 nitrogen and oxygen atoms in total. The second-order valence-corrected chi connectivity index (χ2v) is 5.61. The van der Waals surface area contributed by atoms with E-state index < -0.39 is 0 Å². The van der Waals surface area contributed by atoms with E-state index >= 15 is 0 Å². The van der Waals surface area contributed by atoms with Crippen LogP contribution in [0.25, 0.3) is 0 Å². The predicted molar refractivity (Wildman–Crippen MR) is 82.2 cm³/mol. The van der Waals surface area contributed by atoms with Gasteiger partial charge in [0.1, 0.15) is 6.61 Å². The molecule has 0 bridgehead atoms. The average molecular weight is 305 g/mol. The maximum absolute atomic E-state index is 11.8. The maximum atomic E-state index is 11.8. The molecule has 0 saturated carbocycles. The Kier molecular flexibility index (Phi) is 5.89. The molecule has 1 fully saturated rings. The summed E-state index contributed by atoms with van der Waals surface area (Å²) in [6, 6.07) is 5.91. The number of primary amides is 1. The molecular formula is C16H23N3O3. The van der Waals surface area contributed by atoms with Gasteiger partial charge in [0.05, 0.1) is 0 Å². The van der Waals surface area contributed by atoms with Crippen molar-refractivity contribution < 1.29 is 14.3 Å². The Bertz CT molecular complexity index is 525. The molecule has 0 spiro atoms. The maximum Gasteiger partial charge on any atom is 0.248 e. The zero-order valence-electron chi connectivity index (χ0n) is 13.0. The van der Waals surface area contributed by atoms with Crippen molar-refractivity contribution in [2.75, 3.05) is 26.8 Å². The van der Waals surface area contributed by atoms with Gasteiger partial charge in [0.15, 0.2) is 0 Å². The molecule has 120 valence electrons. The van der Waals surface area contributed by atoms with Crippen molar-refractivity contribution in [1.29, 1.82) is 0 Å². The third-order valence-electron chi connectivity index (χ3n) is 3.99. The van der Waals surface area contributed by atoms with Gasteiger partial charge in [-0.2, -0.15) is 0 Å². The fraction of sp³-hybridized carbons (Fsp3) is 0.562. The largest absolute Gasteiger partial charge is 0.375 e. The summed E-state index contributed by atoms with van der Waals surface area (Å²) in [7, 11) is 1.53. The number of methoxy groups -OCH3 is 1. The molecule has 1 aromatic heterocycles. The van der Waals surface area contributed by atoms with Crippen molar-refractivity contribution in [1.82, 2.24) is 9.88 Å². The molecule has 1 aliphatic rings. The number of aryl methyl sites for hydroxylation is 1. The molecule has 0 aromatic carbocycles. The summed E-state index contributed by atoms with van der Waals surface area (Å²) in [6.45, 7) is 1.62. The molecule has 22 heavy (non-hydrogen) atoms. The lowest BCUT2D eigenvalue weighted by atomic mass is 9.92. The number of aromatic nitrogens is 1. The Morgan fingerprint density at radius 1 is 1.36 bits per heavy atom. The normalized spacial score (nSPS) is 15.8. The van der Waals surface area contributed by atoms with E-state index in [-0.39, 0.29) is 18.4 Å². The number of amides is 2. The number of nitrogens with zero attached hydrogens (tertiary/aromatic N) is 2. The van der Waals surface area contributed by atoms with Gasteiger partial charge >= 0.3 is 0 Å². The molecule has 0 unspecified atom stereocenters. The smallest absolute Gasteiger partial charge is 0.248 e. The molecule has 2 N–H and O–H groups in total. The summed E-state index contributed by atoms with van der Waals surface area (Å²) >= 11 is 0. The topological polar surface area (TPSA) is 85.5 Å². The minimum atomic E-state index is -0.308. The van der Waals surface area contributed by atoms with Gasteiger partial charge in [-0.1, -0.05) is 6.07 Å². The van der Waals surface area contributed by atoms with Gasteiger partial charge in [0.25, 0.3) is 0 Å². The molecule has 2 rings (SSSR count). The van der Waals surface area contributed by atoms with Crippen molar-refractivity contribution in [3.05, 3.63) is 29.6 Å². The third-order valence-corrected chi connectivity index (χ3v) is 3.99. The summed E-state index contributed by atoms with van der Waals surface area (Å²) in [5.41, 5.74) is 7.11. The van der Waals surface area contributed by atoms with E-state index in [0.717, 1.165) is 37.3 Å². The number of carbonyl (C=O) groups is 2. The van der Waals surface area contributed by atoms with Crippen LogP contribution in [0.5, 0.6) is 0 Å². The highest BCUT2D eigenvalue weighted by Crippen LogP contribution is 2.27. The number of hydrogen-bond acceptors (Lipinski definition) is 4. The first-order valence-corrected chi connectivity index (χ1v) is 7.61. The van der Waals surface area contributed by atoms with Crippen LogP contribution in [0.1, 0.15) is 36.6 Å². The zero-order chi connectivity index (χ0) is 15.9. The van der Waals surface area contributed by atoms with E-state index in [9.17, 15) is 9.59 Å². The minimum Gasteiger partial charge on any atom is -0.375 e. The number of ether oxygens (including phenoxy) is 1. The lowest BCUT2D eigenvalue weighted by Gasteiger charge is -2.31. The van der Waals surface area contributed by atoms with Crippen molar-refractivity contribution in [2.24, 2.45) is 5.73 Å². The number of piperidine rings is 1. The van der Waals surface area contributed by atoms with E-state index in [1.807, 2.05) is 23.1 Å². The summed E-state index contributed by atoms with van der Waals surface area (Å²) in [5.74, 6) is 0.0985. The molecule has 0 atom stereocenters. The van der Waals surface area contributed by atoms with Gasteiger partial charge < -0.3 is 15.4 Å². The van der Waals surface area contributed by atoms with E-state index in [1.54, 1.807) is 0 Å². The van der Waals surface area contributed by atoms with Crippen LogP contribution in [0, 0.1) is 0 Å². The molecule has 0 radical (unpaired) electrons. The summed E-state index contributed by atoms with van der Waals surface area (Å²) in [5, 5.41) is 0. The van der Waals surface area contributed by atoms with Crippen molar-refractivity contribution in [2.45, 2.75) is 31.6 Å². The van der Waals surface area contributed by atoms with Crippen molar-refractivity contribution in [3.8, 4) is 0 Å². The first kappa shape index (κ1) is 16.4. The highest BCUT2D eigenvalue weighted by atomic mass is 16.5. The molecule has 0 aliphatic carbocycles. The number of likely N-dealkylation sites (tertiary alicyclic amines) is 1. The third kappa shape index (κ3) is 4.53. The standard InChI is InChI=1S/C16H23N3O3/c1-22-11-16(21)19-9-7-12(8-10-19)14-4-2-3-13(18-14)5-6-15(17)20/h2-4,12H,5-11H2,1H3,(H2,17,20). The first-order valence-electron chi connectivity index (χ1n) is 7.61. The lowest BCUT2D eigenvalue weighted by Crippen LogP contribution is -2.39. The van der Waals surface area contributed by atoms with Gasteiger partial charge in [-0.25, -0.2) is 0 Å². The summed E-state index contributed by atoms with van der Waals surface area (Å²) in [6.07, 6.45) is 2.71. The van der Waals surface area contributed by atoms with Crippen LogP contribution in [-0.4, -0.2) is 48.5 Å². The van der Waals surface area contributed by atoms with Crippen LogP contribution < -0.4 is 5.73 Å². The second kappa shape index (κ2) is 7.89. The average Bonchev–Trinajstić information content (AvgIpc) is 2.53. The molecule has 2 amide bonds. The molecule has 2 heterocycles. The first-order chi connectivity index (χ1) is 10.6. The number of pyridine rings is 1. The molecule has 6 heteroatoms. The van der Waals surface area contributed by atoms with Crippen LogP contribution in [0.15, 0.2) is 18.2 Å². The van der Waals surface area contributed by atoms with Crippen LogP contribution in [-0.2, 0) is 20.7 Å². The summed E-state index contributed by atoms with van der Waals surface area (Å²) in [4.78, 5) is 29.1. The van der Waals surface area contributed by atoms with Gasteiger partial charge in [0.2, 0.25) is 11.8 Å². The SMILES string of the molecule is COCC(=O)N1CCC(c2cccc(CCC(N)=O)n2)CC1. The van der Waals surface area contributed by atoms with Crippen molar-refractivity contribution >= 4 is 11.8 Å². The fourth-order valence-corrected chi connectivity index (χ4v) is 2.76. The Hall–Kier alpha value is -1.95. The Labute approximate surface area is 130 Å². The number of hydrogen-bond donors (Lipinski definition) is 1. The van der Waals surface area contributed by atoms with Gasteiger partial charge in [-0.05, 0) is 31.4 Å². The van der Waals surface area contributed by atoms with Gasteiger partial charge in [-0.3, -0.25) is 14.6 Å². The molecule has 1 saturated heterocycles. The summed E-state index contributed by atoms with van der Waals surface area (Å²) < 4.78 is 4.89. The van der Waals surface area contributed by atoms with Crippen LogP contribution >= 0.6 is 0 Å². The minimum absolute atomic E-state index is 0.0455. The Morgan fingerprint density at radius 2 is 2.09 bits per heavy atom. The highest BCUT2D eigenvalue weighted by Gasteiger charge is 2.24. The lowest BCUT2D eigenvalue weighted by molar-refractivity contribution is -0.136. The molecule has 1 aliphatic heterocycles. The van der Waals surface area contributed by atoms with Gasteiger partial charge in [0, 0.05) is 43.9 Å². The van der Waals surface area contributed by atoms with E-state index in [2.05, 4.69) is 4.98 Å². The highest BCUT2D eigenvalue weighted by molar-refractivity contribution is 5.77. The van der Waals surface area contributed by atoms with E-state index in [4.69, 9.17) is 10.5 Å². The van der Waals surface area contributed by atoms with E-state index in [1.165, 1.54) is 7.11 Å². The molecule has 1 aromatic rings. The fourth-order valence-electron chi connectivity index (χ4n) is 2.76. The monoisotopic (exact) mass is 305 g/mol. The second-order valence-electron chi connectivity index (χ2n) is 5.61. The quantitative estimate of drug-likeness (QED) is 0.844. The van der Waals surface area contributed by atoms with Crippen LogP contribution in [0.2, 0.25) is 0 Å². The molecular weight excluding hydrogens is 282 g/mol.